The van der Waals surface area contributed by atoms with Crippen LogP contribution in [0.5, 0.6) is 0 Å². The van der Waals surface area contributed by atoms with Gasteiger partial charge in [0.05, 0.1) is 17.5 Å². The van der Waals surface area contributed by atoms with E-state index in [4.69, 9.17) is 16.9 Å². The van der Waals surface area contributed by atoms with E-state index in [0.29, 0.717) is 11.1 Å². The van der Waals surface area contributed by atoms with Crippen LogP contribution in [0, 0.1) is 23.0 Å². The summed E-state index contributed by atoms with van der Waals surface area (Å²) in [7, 11) is 0. The highest BCUT2D eigenvalue weighted by Gasteiger charge is 2.08. The molecule has 0 fully saturated rings. The molecule has 0 unspecified atom stereocenters. The Hall–Kier alpha value is -1.92. The minimum absolute atomic E-state index is 0.000240. The summed E-state index contributed by atoms with van der Waals surface area (Å²) in [4.78, 5) is 0. The van der Waals surface area contributed by atoms with E-state index in [-0.39, 0.29) is 17.0 Å². The standard InChI is InChI=1S/C14H8ClF2N/c15-12-4-2-10(8-14(12)17)11-3-1-9(5-6-18)7-13(11)16/h1-4,7-8H,5H2. The predicted octanol–water partition coefficient (Wildman–Crippen LogP) is 4.35. The molecule has 0 amide bonds. The second kappa shape index (κ2) is 5.16. The van der Waals surface area contributed by atoms with Crippen molar-refractivity contribution in [3.8, 4) is 17.2 Å². The van der Waals surface area contributed by atoms with Gasteiger partial charge < -0.3 is 0 Å². The fourth-order valence-corrected chi connectivity index (χ4v) is 1.78. The molecule has 2 rings (SSSR count). The number of hydrogen-bond acceptors (Lipinski definition) is 1. The van der Waals surface area contributed by atoms with Gasteiger partial charge in [0, 0.05) is 5.56 Å². The molecule has 0 radical (unpaired) electrons. The third-order valence-corrected chi connectivity index (χ3v) is 2.85. The Kier molecular flexibility index (Phi) is 3.59. The van der Waals surface area contributed by atoms with Gasteiger partial charge in [-0.2, -0.15) is 5.26 Å². The van der Waals surface area contributed by atoms with Crippen LogP contribution in [0.25, 0.3) is 11.1 Å². The summed E-state index contributed by atoms with van der Waals surface area (Å²) in [6.45, 7) is 0. The van der Waals surface area contributed by atoms with Crippen molar-refractivity contribution in [3.05, 3.63) is 58.6 Å². The summed E-state index contributed by atoms with van der Waals surface area (Å²) in [5, 5.41) is 8.53. The van der Waals surface area contributed by atoms with Gasteiger partial charge in [-0.05, 0) is 29.3 Å². The lowest BCUT2D eigenvalue weighted by atomic mass is 10.0. The highest BCUT2D eigenvalue weighted by Crippen LogP contribution is 2.27. The monoisotopic (exact) mass is 263 g/mol. The van der Waals surface area contributed by atoms with Crippen molar-refractivity contribution in [2.75, 3.05) is 0 Å². The fraction of sp³-hybridized carbons (Fsp3) is 0.0714. The van der Waals surface area contributed by atoms with E-state index in [0.717, 1.165) is 0 Å². The summed E-state index contributed by atoms with van der Waals surface area (Å²) in [6.07, 6.45) is 0.145. The smallest absolute Gasteiger partial charge is 0.142 e. The Morgan fingerprint density at radius 2 is 1.83 bits per heavy atom. The molecule has 0 aliphatic rings. The number of rotatable bonds is 2. The van der Waals surface area contributed by atoms with E-state index >= 15 is 0 Å². The quantitative estimate of drug-likeness (QED) is 0.790. The first kappa shape index (κ1) is 12.5. The molecule has 18 heavy (non-hydrogen) atoms. The SMILES string of the molecule is N#CCc1ccc(-c2ccc(Cl)c(F)c2)c(F)c1. The number of benzene rings is 2. The number of nitrogens with zero attached hydrogens (tertiary/aromatic N) is 1. The molecule has 0 bridgehead atoms. The molecule has 0 saturated heterocycles. The molecule has 0 aliphatic heterocycles. The zero-order valence-corrected chi connectivity index (χ0v) is 10.0. The summed E-state index contributed by atoms with van der Waals surface area (Å²) < 4.78 is 27.1. The van der Waals surface area contributed by atoms with Gasteiger partial charge in [0.25, 0.3) is 0 Å². The summed E-state index contributed by atoms with van der Waals surface area (Å²) in [6, 6.07) is 10.5. The van der Waals surface area contributed by atoms with E-state index in [2.05, 4.69) is 0 Å². The molecule has 0 aliphatic carbocycles. The molecule has 2 aromatic rings. The molecule has 4 heteroatoms. The lowest BCUT2D eigenvalue weighted by Gasteiger charge is -2.06. The highest BCUT2D eigenvalue weighted by atomic mass is 35.5. The van der Waals surface area contributed by atoms with Crippen LogP contribution in [0.2, 0.25) is 5.02 Å². The molecule has 0 spiro atoms. The molecule has 0 saturated carbocycles. The van der Waals surface area contributed by atoms with Crippen molar-refractivity contribution >= 4 is 11.6 Å². The fourth-order valence-electron chi connectivity index (χ4n) is 1.66. The van der Waals surface area contributed by atoms with Crippen molar-refractivity contribution in [2.24, 2.45) is 0 Å². The molecule has 0 heterocycles. The predicted molar refractivity (Wildman–Crippen MR) is 66.1 cm³/mol. The minimum atomic E-state index is -0.588. The Balaban J connectivity index is 2.45. The first-order valence-corrected chi connectivity index (χ1v) is 5.60. The molecular formula is C14H8ClF2N. The van der Waals surface area contributed by atoms with Crippen LogP contribution in [0.15, 0.2) is 36.4 Å². The highest BCUT2D eigenvalue weighted by molar-refractivity contribution is 6.30. The van der Waals surface area contributed by atoms with Gasteiger partial charge in [-0.25, -0.2) is 8.78 Å². The van der Waals surface area contributed by atoms with Gasteiger partial charge in [0.2, 0.25) is 0 Å². The van der Waals surface area contributed by atoms with Crippen molar-refractivity contribution in [1.82, 2.24) is 0 Å². The van der Waals surface area contributed by atoms with Gasteiger partial charge in [0.15, 0.2) is 0 Å². The Morgan fingerprint density at radius 3 is 2.44 bits per heavy atom. The third-order valence-electron chi connectivity index (χ3n) is 2.55. The first-order chi connectivity index (χ1) is 8.61. The van der Waals surface area contributed by atoms with E-state index < -0.39 is 11.6 Å². The van der Waals surface area contributed by atoms with Gasteiger partial charge >= 0.3 is 0 Å². The molecule has 1 nitrogen and oxygen atoms in total. The van der Waals surface area contributed by atoms with Gasteiger partial charge in [0.1, 0.15) is 11.6 Å². The second-order valence-corrected chi connectivity index (χ2v) is 4.19. The molecule has 2 aromatic carbocycles. The maximum atomic E-state index is 13.8. The lowest BCUT2D eigenvalue weighted by Crippen LogP contribution is -1.89. The lowest BCUT2D eigenvalue weighted by molar-refractivity contribution is 0.624. The molecule has 0 N–H and O–H groups in total. The van der Waals surface area contributed by atoms with Crippen LogP contribution in [0.4, 0.5) is 8.78 Å². The minimum Gasteiger partial charge on any atom is -0.206 e. The number of hydrogen-bond donors (Lipinski definition) is 0. The Bertz CT molecular complexity index is 632. The van der Waals surface area contributed by atoms with Crippen molar-refractivity contribution < 1.29 is 8.78 Å². The van der Waals surface area contributed by atoms with Gasteiger partial charge in [-0.1, -0.05) is 29.8 Å². The Labute approximate surface area is 108 Å². The van der Waals surface area contributed by atoms with Crippen molar-refractivity contribution in [2.45, 2.75) is 6.42 Å². The number of nitriles is 1. The van der Waals surface area contributed by atoms with Gasteiger partial charge in [-0.3, -0.25) is 0 Å². The molecule has 0 atom stereocenters. The molecule has 0 aromatic heterocycles. The van der Waals surface area contributed by atoms with E-state index in [1.807, 2.05) is 6.07 Å². The Morgan fingerprint density at radius 1 is 1.06 bits per heavy atom. The zero-order valence-electron chi connectivity index (χ0n) is 9.25. The van der Waals surface area contributed by atoms with E-state index in [9.17, 15) is 8.78 Å². The van der Waals surface area contributed by atoms with Crippen molar-refractivity contribution in [3.63, 3.8) is 0 Å². The van der Waals surface area contributed by atoms with Crippen molar-refractivity contribution in [1.29, 1.82) is 5.26 Å². The van der Waals surface area contributed by atoms with Gasteiger partial charge in [-0.15, -0.1) is 0 Å². The first-order valence-electron chi connectivity index (χ1n) is 5.22. The largest absolute Gasteiger partial charge is 0.206 e. The van der Waals surface area contributed by atoms with Crippen LogP contribution >= 0.6 is 11.6 Å². The van der Waals surface area contributed by atoms with Crippen LogP contribution in [0.1, 0.15) is 5.56 Å². The van der Waals surface area contributed by atoms with E-state index in [1.165, 1.54) is 24.3 Å². The topological polar surface area (TPSA) is 23.8 Å². The average molecular weight is 264 g/mol. The summed E-state index contributed by atoms with van der Waals surface area (Å²) >= 11 is 5.57. The van der Waals surface area contributed by atoms with Crippen LogP contribution in [0.3, 0.4) is 0 Å². The zero-order chi connectivity index (χ0) is 13.1. The average Bonchev–Trinajstić information content (AvgIpc) is 2.34. The normalized spacial score (nSPS) is 10.1. The van der Waals surface area contributed by atoms with Crippen LogP contribution < -0.4 is 0 Å². The maximum absolute atomic E-state index is 13.8. The van der Waals surface area contributed by atoms with Crippen LogP contribution in [-0.4, -0.2) is 0 Å². The third kappa shape index (κ3) is 2.49. The van der Waals surface area contributed by atoms with E-state index in [1.54, 1.807) is 12.1 Å². The molecule has 90 valence electrons. The second-order valence-electron chi connectivity index (χ2n) is 3.78. The summed E-state index contributed by atoms with van der Waals surface area (Å²) in [5.74, 6) is -1.07. The molecular weight excluding hydrogens is 256 g/mol. The van der Waals surface area contributed by atoms with Crippen LogP contribution in [-0.2, 0) is 6.42 Å². The summed E-state index contributed by atoms with van der Waals surface area (Å²) in [5.41, 5.74) is 1.29. The maximum Gasteiger partial charge on any atom is 0.142 e. The number of halogens is 3.